The zero-order chi connectivity index (χ0) is 10.2. The molecule has 0 unspecified atom stereocenters. The Morgan fingerprint density at radius 2 is 2.23 bits per heavy atom. The van der Waals surface area contributed by atoms with Crippen LogP contribution in [0.3, 0.4) is 0 Å². The highest BCUT2D eigenvalue weighted by Crippen LogP contribution is 2.16. The van der Waals surface area contributed by atoms with Gasteiger partial charge in [0.25, 0.3) is 0 Å². The molecule has 0 fully saturated rings. The summed E-state index contributed by atoms with van der Waals surface area (Å²) in [5.74, 6) is -2.03. The number of rotatable bonds is 2. The summed E-state index contributed by atoms with van der Waals surface area (Å²) in [4.78, 5) is 23.5. The standard InChI is InChI=1S/C6H7N3O4/c1-3-4(9(12)13)7-5(6(10)11)8(3)2/h1-2H3,(H,10,11). The predicted octanol–water partition coefficient (Wildman–Crippen LogP) is 0.335. The molecule has 0 aliphatic heterocycles. The molecule has 0 aliphatic carbocycles. The molecule has 1 aromatic rings. The third-order valence-corrected chi connectivity index (χ3v) is 1.72. The first-order valence-electron chi connectivity index (χ1n) is 3.36. The molecule has 7 heteroatoms. The van der Waals surface area contributed by atoms with Gasteiger partial charge in [-0.15, -0.1) is 0 Å². The van der Waals surface area contributed by atoms with E-state index in [4.69, 9.17) is 5.11 Å². The van der Waals surface area contributed by atoms with Gasteiger partial charge in [-0.05, 0) is 16.8 Å². The second-order valence-corrected chi connectivity index (χ2v) is 2.47. The maximum absolute atomic E-state index is 10.5. The van der Waals surface area contributed by atoms with Gasteiger partial charge >= 0.3 is 17.6 Å². The molecule has 7 nitrogen and oxygen atoms in total. The van der Waals surface area contributed by atoms with Crippen LogP contribution in [0.25, 0.3) is 0 Å². The first-order valence-corrected chi connectivity index (χ1v) is 3.36. The fraction of sp³-hybridized carbons (Fsp3) is 0.333. The maximum atomic E-state index is 10.5. The molecule has 0 radical (unpaired) electrons. The number of nitro groups is 1. The highest BCUT2D eigenvalue weighted by atomic mass is 16.6. The smallest absolute Gasteiger partial charge is 0.399 e. The largest absolute Gasteiger partial charge is 0.474 e. The van der Waals surface area contributed by atoms with E-state index in [0.717, 1.165) is 0 Å². The van der Waals surface area contributed by atoms with Crippen molar-refractivity contribution in [2.24, 2.45) is 7.05 Å². The minimum atomic E-state index is -1.28. The van der Waals surface area contributed by atoms with Crippen molar-refractivity contribution in [3.63, 3.8) is 0 Å². The SMILES string of the molecule is Cc1c([N+](=O)[O-])nc(C(=O)O)n1C. The Morgan fingerprint density at radius 1 is 1.69 bits per heavy atom. The molecule has 0 spiro atoms. The lowest BCUT2D eigenvalue weighted by atomic mass is 10.5. The van der Waals surface area contributed by atoms with E-state index in [9.17, 15) is 14.9 Å². The number of hydrogen-bond acceptors (Lipinski definition) is 4. The molecule has 0 amide bonds. The molecule has 0 atom stereocenters. The first kappa shape index (κ1) is 9.17. The van der Waals surface area contributed by atoms with Gasteiger partial charge in [0.05, 0.1) is 0 Å². The Morgan fingerprint density at radius 3 is 2.46 bits per heavy atom. The molecular weight excluding hydrogens is 178 g/mol. The van der Waals surface area contributed by atoms with E-state index in [2.05, 4.69) is 4.98 Å². The zero-order valence-electron chi connectivity index (χ0n) is 7.01. The van der Waals surface area contributed by atoms with Crippen LogP contribution in [0.4, 0.5) is 5.82 Å². The summed E-state index contributed by atoms with van der Waals surface area (Å²) in [5.41, 5.74) is 0.224. The number of imidazole rings is 1. The fourth-order valence-corrected chi connectivity index (χ4v) is 0.929. The van der Waals surface area contributed by atoms with Crippen LogP contribution in [0.5, 0.6) is 0 Å². The minimum Gasteiger partial charge on any atom is -0.474 e. The Kier molecular flexibility index (Phi) is 2.01. The van der Waals surface area contributed by atoms with Crippen LogP contribution < -0.4 is 0 Å². The number of carboxylic acids is 1. The van der Waals surface area contributed by atoms with E-state index in [1.165, 1.54) is 18.5 Å². The molecule has 13 heavy (non-hydrogen) atoms. The summed E-state index contributed by atoms with van der Waals surface area (Å²) in [6.45, 7) is 1.44. The maximum Gasteiger partial charge on any atom is 0.399 e. The lowest BCUT2D eigenvalue weighted by Crippen LogP contribution is -2.06. The van der Waals surface area contributed by atoms with Crippen molar-refractivity contribution < 1.29 is 14.8 Å². The van der Waals surface area contributed by atoms with E-state index >= 15 is 0 Å². The number of hydrogen-bond donors (Lipinski definition) is 1. The highest BCUT2D eigenvalue weighted by molar-refractivity contribution is 5.84. The Balaban J connectivity index is 3.36. The van der Waals surface area contributed by atoms with Gasteiger partial charge in [0.15, 0.2) is 0 Å². The quantitative estimate of drug-likeness (QED) is 0.528. The van der Waals surface area contributed by atoms with Crippen LogP contribution in [-0.4, -0.2) is 25.6 Å². The van der Waals surface area contributed by atoms with Gasteiger partial charge in [0, 0.05) is 7.05 Å². The summed E-state index contributed by atoms with van der Waals surface area (Å²) in [5, 5.41) is 18.9. The lowest BCUT2D eigenvalue weighted by Gasteiger charge is -1.93. The normalized spacial score (nSPS) is 10.0. The summed E-state index contributed by atoms with van der Waals surface area (Å²) < 4.78 is 1.17. The zero-order valence-corrected chi connectivity index (χ0v) is 7.01. The van der Waals surface area contributed by atoms with Gasteiger partial charge in [0.2, 0.25) is 0 Å². The third-order valence-electron chi connectivity index (χ3n) is 1.72. The number of carbonyl (C=O) groups is 1. The molecule has 1 aromatic heterocycles. The van der Waals surface area contributed by atoms with Gasteiger partial charge in [-0.1, -0.05) is 0 Å². The van der Waals surface area contributed by atoms with Crippen LogP contribution in [0.2, 0.25) is 0 Å². The molecule has 1 heterocycles. The molecule has 70 valence electrons. The van der Waals surface area contributed by atoms with Gasteiger partial charge in [-0.2, -0.15) is 0 Å². The van der Waals surface area contributed by atoms with Crippen LogP contribution in [0.15, 0.2) is 0 Å². The Hall–Kier alpha value is -1.92. The average molecular weight is 185 g/mol. The molecule has 0 bridgehead atoms. The molecule has 0 aliphatic rings. The van der Waals surface area contributed by atoms with Crippen molar-refractivity contribution >= 4 is 11.8 Å². The van der Waals surface area contributed by atoms with Crippen LogP contribution in [-0.2, 0) is 7.05 Å². The Labute approximate surface area is 72.8 Å². The third kappa shape index (κ3) is 1.35. The topological polar surface area (TPSA) is 98.3 Å². The van der Waals surface area contributed by atoms with E-state index in [-0.39, 0.29) is 11.5 Å². The van der Waals surface area contributed by atoms with Gasteiger partial charge in [-0.3, -0.25) is 4.57 Å². The first-order chi connectivity index (χ1) is 5.95. The summed E-state index contributed by atoms with van der Waals surface area (Å²) in [7, 11) is 1.42. The second-order valence-electron chi connectivity index (χ2n) is 2.47. The minimum absolute atomic E-state index is 0.224. The summed E-state index contributed by atoms with van der Waals surface area (Å²) >= 11 is 0. The second kappa shape index (κ2) is 2.85. The number of aromatic carboxylic acids is 1. The Bertz CT molecular complexity index is 347. The molecule has 0 saturated carbocycles. The molecule has 1 N–H and O–H groups in total. The number of carboxylic acid groups (broad SMARTS) is 1. The van der Waals surface area contributed by atoms with Crippen molar-refractivity contribution in [1.29, 1.82) is 0 Å². The number of aromatic nitrogens is 2. The van der Waals surface area contributed by atoms with E-state index < -0.39 is 16.7 Å². The van der Waals surface area contributed by atoms with Crippen LogP contribution in [0.1, 0.15) is 16.3 Å². The van der Waals surface area contributed by atoms with Gasteiger partial charge in [0.1, 0.15) is 5.69 Å². The highest BCUT2D eigenvalue weighted by Gasteiger charge is 2.26. The molecular formula is C6H7N3O4. The van der Waals surface area contributed by atoms with E-state index in [1.54, 1.807) is 0 Å². The predicted molar refractivity (Wildman–Crippen MR) is 41.6 cm³/mol. The van der Waals surface area contributed by atoms with Gasteiger partial charge in [-0.25, -0.2) is 4.79 Å². The summed E-state index contributed by atoms with van der Waals surface area (Å²) in [6, 6.07) is 0. The van der Waals surface area contributed by atoms with E-state index in [1.807, 2.05) is 0 Å². The van der Waals surface area contributed by atoms with Crippen LogP contribution >= 0.6 is 0 Å². The average Bonchev–Trinajstić information content (AvgIpc) is 2.29. The summed E-state index contributed by atoms with van der Waals surface area (Å²) in [6.07, 6.45) is 0. The lowest BCUT2D eigenvalue weighted by molar-refractivity contribution is -0.390. The van der Waals surface area contributed by atoms with Crippen molar-refractivity contribution in [2.75, 3.05) is 0 Å². The number of nitrogens with zero attached hydrogens (tertiary/aromatic N) is 3. The van der Waals surface area contributed by atoms with Crippen molar-refractivity contribution in [3.8, 4) is 0 Å². The van der Waals surface area contributed by atoms with Gasteiger partial charge < -0.3 is 15.2 Å². The fourth-order valence-electron chi connectivity index (χ4n) is 0.929. The van der Waals surface area contributed by atoms with Crippen molar-refractivity contribution in [1.82, 2.24) is 9.55 Å². The molecule has 0 aromatic carbocycles. The molecule has 0 saturated heterocycles. The molecule has 1 rings (SSSR count). The van der Waals surface area contributed by atoms with Crippen molar-refractivity contribution in [3.05, 3.63) is 21.6 Å². The van der Waals surface area contributed by atoms with Crippen LogP contribution in [0, 0.1) is 17.0 Å². The van der Waals surface area contributed by atoms with E-state index in [0.29, 0.717) is 0 Å². The van der Waals surface area contributed by atoms with Crippen molar-refractivity contribution in [2.45, 2.75) is 6.92 Å². The monoisotopic (exact) mass is 185 g/mol.